The normalized spacial score (nSPS) is 10.9. The van der Waals surface area contributed by atoms with Crippen LogP contribution in [0.1, 0.15) is 41.3 Å². The van der Waals surface area contributed by atoms with Crippen molar-refractivity contribution in [1.82, 2.24) is 10.3 Å². The molecule has 6 nitrogen and oxygen atoms in total. The van der Waals surface area contributed by atoms with Crippen LogP contribution in [-0.2, 0) is 6.61 Å². The Morgan fingerprint density at radius 2 is 1.76 bits per heavy atom. The van der Waals surface area contributed by atoms with E-state index in [-0.39, 0.29) is 11.0 Å². The number of nitrogens with one attached hydrogen (secondary N) is 2. The van der Waals surface area contributed by atoms with Crippen LogP contribution in [0, 0.1) is 0 Å². The summed E-state index contributed by atoms with van der Waals surface area (Å²) in [7, 11) is 0. The lowest BCUT2D eigenvalue weighted by molar-refractivity contribution is 0.0977. The fraction of sp³-hybridized carbons (Fsp3) is 0.129. The van der Waals surface area contributed by atoms with Crippen molar-refractivity contribution in [2.75, 3.05) is 5.32 Å². The van der Waals surface area contributed by atoms with E-state index in [0.29, 0.717) is 35.4 Å². The highest BCUT2D eigenvalue weighted by atomic mass is 32.1. The standard InChI is InChI=1S/C31H27N3O3S/c1-20(2)22-14-15-28-27(18-22)33-30(37-28)24-11-6-12-25(16-24)32-31(38)34-29(35)23-10-7-13-26(17-23)36-19-21-8-4-3-5-9-21/h3-18,20H,19H2,1-2H3,(H2,32,34,35,38). The number of amides is 1. The molecule has 1 amide bonds. The van der Waals surface area contributed by atoms with Crippen molar-refractivity contribution in [3.8, 4) is 17.2 Å². The van der Waals surface area contributed by atoms with E-state index < -0.39 is 0 Å². The number of rotatable bonds is 7. The van der Waals surface area contributed by atoms with Crippen LogP contribution in [0.2, 0.25) is 0 Å². The molecular formula is C31H27N3O3S. The molecule has 0 saturated heterocycles. The average Bonchev–Trinajstić information content (AvgIpc) is 3.36. The molecule has 1 heterocycles. The van der Waals surface area contributed by atoms with Crippen LogP contribution in [0.4, 0.5) is 5.69 Å². The average molecular weight is 522 g/mol. The molecule has 7 heteroatoms. The van der Waals surface area contributed by atoms with Gasteiger partial charge < -0.3 is 14.5 Å². The van der Waals surface area contributed by atoms with E-state index in [9.17, 15) is 4.79 Å². The Labute approximate surface area is 226 Å². The van der Waals surface area contributed by atoms with Crippen molar-refractivity contribution < 1.29 is 13.9 Å². The molecule has 0 unspecified atom stereocenters. The first-order valence-electron chi connectivity index (χ1n) is 12.3. The Hall–Kier alpha value is -4.49. The van der Waals surface area contributed by atoms with Gasteiger partial charge in [-0.3, -0.25) is 10.1 Å². The molecule has 5 rings (SSSR count). The molecule has 0 aliphatic carbocycles. The van der Waals surface area contributed by atoms with Gasteiger partial charge in [0.15, 0.2) is 10.7 Å². The Balaban J connectivity index is 1.23. The lowest BCUT2D eigenvalue weighted by Crippen LogP contribution is -2.34. The zero-order chi connectivity index (χ0) is 26.5. The zero-order valence-electron chi connectivity index (χ0n) is 21.1. The summed E-state index contributed by atoms with van der Waals surface area (Å²) in [5, 5.41) is 5.98. The summed E-state index contributed by atoms with van der Waals surface area (Å²) >= 11 is 5.40. The molecule has 190 valence electrons. The number of carbonyl (C=O) groups excluding carboxylic acids is 1. The summed E-state index contributed by atoms with van der Waals surface area (Å²) in [5.74, 6) is 1.20. The van der Waals surface area contributed by atoms with Gasteiger partial charge in [-0.2, -0.15) is 0 Å². The summed E-state index contributed by atoms with van der Waals surface area (Å²) in [5.41, 5.74) is 5.77. The van der Waals surface area contributed by atoms with Crippen LogP contribution in [0.15, 0.2) is 101 Å². The number of anilines is 1. The number of oxazole rings is 1. The van der Waals surface area contributed by atoms with E-state index >= 15 is 0 Å². The van der Waals surface area contributed by atoms with Gasteiger partial charge in [0.05, 0.1) is 0 Å². The molecule has 0 spiro atoms. The number of thiocarbonyl (C=S) groups is 1. The third-order valence-electron chi connectivity index (χ3n) is 6.02. The Morgan fingerprint density at radius 3 is 2.58 bits per heavy atom. The van der Waals surface area contributed by atoms with Crippen molar-refractivity contribution in [2.45, 2.75) is 26.4 Å². The Kier molecular flexibility index (Phi) is 7.47. The van der Waals surface area contributed by atoms with E-state index in [1.165, 1.54) is 5.56 Å². The maximum atomic E-state index is 12.8. The molecule has 0 bridgehead atoms. The van der Waals surface area contributed by atoms with Crippen LogP contribution in [0.5, 0.6) is 5.75 Å². The van der Waals surface area contributed by atoms with Gasteiger partial charge in [0.2, 0.25) is 5.89 Å². The summed E-state index contributed by atoms with van der Waals surface area (Å²) < 4.78 is 11.8. The van der Waals surface area contributed by atoms with Gasteiger partial charge in [-0.05, 0) is 77.8 Å². The molecule has 0 atom stereocenters. The first-order valence-corrected chi connectivity index (χ1v) is 12.8. The van der Waals surface area contributed by atoms with Gasteiger partial charge in [0, 0.05) is 16.8 Å². The second kappa shape index (κ2) is 11.3. The first-order chi connectivity index (χ1) is 18.4. The topological polar surface area (TPSA) is 76.4 Å². The molecule has 0 aliphatic heterocycles. The smallest absolute Gasteiger partial charge is 0.257 e. The maximum absolute atomic E-state index is 12.8. The number of carbonyl (C=O) groups is 1. The lowest BCUT2D eigenvalue weighted by atomic mass is 10.0. The van der Waals surface area contributed by atoms with Crippen molar-refractivity contribution >= 4 is 40.0 Å². The second-order valence-corrected chi connectivity index (χ2v) is 9.60. The Morgan fingerprint density at radius 1 is 0.947 bits per heavy atom. The molecule has 38 heavy (non-hydrogen) atoms. The minimum atomic E-state index is -0.330. The molecular weight excluding hydrogens is 494 g/mol. The number of ether oxygens (including phenoxy) is 1. The van der Waals surface area contributed by atoms with Gasteiger partial charge in [-0.25, -0.2) is 4.98 Å². The van der Waals surface area contributed by atoms with Crippen LogP contribution < -0.4 is 15.4 Å². The maximum Gasteiger partial charge on any atom is 0.257 e. The highest BCUT2D eigenvalue weighted by Gasteiger charge is 2.13. The zero-order valence-corrected chi connectivity index (χ0v) is 21.9. The summed E-state index contributed by atoms with van der Waals surface area (Å²) in [4.78, 5) is 17.5. The summed E-state index contributed by atoms with van der Waals surface area (Å²) in [6.07, 6.45) is 0. The second-order valence-electron chi connectivity index (χ2n) is 9.19. The van der Waals surface area contributed by atoms with Crippen molar-refractivity contribution in [3.05, 3.63) is 114 Å². The van der Waals surface area contributed by atoms with Gasteiger partial charge in [0.25, 0.3) is 5.91 Å². The number of hydrogen-bond donors (Lipinski definition) is 2. The monoisotopic (exact) mass is 521 g/mol. The molecule has 5 aromatic rings. The van der Waals surface area contributed by atoms with Crippen molar-refractivity contribution in [1.29, 1.82) is 0 Å². The third kappa shape index (κ3) is 6.07. The van der Waals surface area contributed by atoms with E-state index in [2.05, 4.69) is 41.6 Å². The fourth-order valence-corrected chi connectivity index (χ4v) is 4.17. The highest BCUT2D eigenvalue weighted by Crippen LogP contribution is 2.28. The lowest BCUT2D eigenvalue weighted by Gasteiger charge is -2.11. The van der Waals surface area contributed by atoms with Crippen LogP contribution in [-0.4, -0.2) is 16.0 Å². The van der Waals surface area contributed by atoms with E-state index in [1.807, 2.05) is 66.7 Å². The highest BCUT2D eigenvalue weighted by molar-refractivity contribution is 7.80. The van der Waals surface area contributed by atoms with Gasteiger partial charge in [0.1, 0.15) is 17.9 Å². The van der Waals surface area contributed by atoms with Crippen molar-refractivity contribution in [3.63, 3.8) is 0 Å². The molecule has 1 aromatic heterocycles. The predicted octanol–water partition coefficient (Wildman–Crippen LogP) is 7.32. The third-order valence-corrected chi connectivity index (χ3v) is 6.22. The quantitative estimate of drug-likeness (QED) is 0.219. The predicted molar refractivity (Wildman–Crippen MR) is 154 cm³/mol. The van der Waals surface area contributed by atoms with E-state index in [0.717, 1.165) is 22.2 Å². The minimum Gasteiger partial charge on any atom is -0.489 e. The van der Waals surface area contributed by atoms with Gasteiger partial charge >= 0.3 is 0 Å². The van der Waals surface area contributed by atoms with Crippen molar-refractivity contribution in [2.24, 2.45) is 0 Å². The number of benzene rings is 4. The Bertz CT molecular complexity index is 1590. The summed E-state index contributed by atoms with van der Waals surface area (Å²) in [6.45, 7) is 4.71. The molecule has 0 fully saturated rings. The number of fused-ring (bicyclic) bond motifs is 1. The van der Waals surface area contributed by atoms with Crippen LogP contribution >= 0.6 is 12.2 Å². The minimum absolute atomic E-state index is 0.182. The molecule has 4 aromatic carbocycles. The van der Waals surface area contributed by atoms with Gasteiger partial charge in [-0.15, -0.1) is 0 Å². The van der Waals surface area contributed by atoms with E-state index in [1.54, 1.807) is 18.2 Å². The van der Waals surface area contributed by atoms with Gasteiger partial charge in [-0.1, -0.05) is 62.4 Å². The van der Waals surface area contributed by atoms with Crippen LogP contribution in [0.3, 0.4) is 0 Å². The molecule has 0 radical (unpaired) electrons. The number of hydrogen-bond acceptors (Lipinski definition) is 5. The largest absolute Gasteiger partial charge is 0.489 e. The summed E-state index contributed by atoms with van der Waals surface area (Å²) in [6, 6.07) is 30.5. The number of aromatic nitrogens is 1. The number of nitrogens with zero attached hydrogens (tertiary/aromatic N) is 1. The van der Waals surface area contributed by atoms with Crippen LogP contribution in [0.25, 0.3) is 22.6 Å². The van der Waals surface area contributed by atoms with E-state index in [4.69, 9.17) is 21.4 Å². The first kappa shape index (κ1) is 25.2. The SMILES string of the molecule is CC(C)c1ccc2oc(-c3cccc(NC(=S)NC(=O)c4cccc(OCc5ccccc5)c4)c3)nc2c1. The molecule has 0 saturated carbocycles. The molecule has 0 aliphatic rings. The molecule has 2 N–H and O–H groups in total. The fourth-order valence-electron chi connectivity index (χ4n) is 3.96.